The lowest BCUT2D eigenvalue weighted by Gasteiger charge is -2.06. The summed E-state index contributed by atoms with van der Waals surface area (Å²) >= 11 is 1.52. The largest absolute Gasteiger partial charge is 0.497 e. The number of nitrogens with zero attached hydrogens (tertiary/aromatic N) is 2. The van der Waals surface area contributed by atoms with Gasteiger partial charge in [-0.25, -0.2) is 4.98 Å². The first-order chi connectivity index (χ1) is 11.7. The van der Waals surface area contributed by atoms with Crippen molar-refractivity contribution in [3.63, 3.8) is 0 Å². The fourth-order valence-corrected chi connectivity index (χ4v) is 2.73. The molecule has 0 aliphatic rings. The van der Waals surface area contributed by atoms with Crippen LogP contribution in [0.15, 0.2) is 77.0 Å². The van der Waals surface area contributed by atoms with Gasteiger partial charge in [-0.05, 0) is 48.5 Å². The fourth-order valence-electron chi connectivity index (χ4n) is 1.98. The van der Waals surface area contributed by atoms with E-state index in [2.05, 4.69) is 15.3 Å². The molecule has 1 aromatic carbocycles. The number of aromatic nitrogens is 2. The highest BCUT2D eigenvalue weighted by molar-refractivity contribution is 7.99. The van der Waals surface area contributed by atoms with E-state index in [1.807, 2.05) is 30.3 Å². The second kappa shape index (κ2) is 7.61. The fraction of sp³-hybridized carbons (Fsp3) is 0.0556. The van der Waals surface area contributed by atoms with E-state index < -0.39 is 0 Å². The predicted octanol–water partition coefficient (Wildman–Crippen LogP) is 3.89. The van der Waals surface area contributed by atoms with Gasteiger partial charge in [0.05, 0.1) is 24.6 Å². The van der Waals surface area contributed by atoms with Gasteiger partial charge in [0.15, 0.2) is 0 Å². The van der Waals surface area contributed by atoms with Crippen molar-refractivity contribution in [2.24, 2.45) is 0 Å². The van der Waals surface area contributed by atoms with Gasteiger partial charge < -0.3 is 10.1 Å². The third-order valence-electron chi connectivity index (χ3n) is 3.20. The molecule has 1 amide bonds. The Bertz CT molecular complexity index is 806. The summed E-state index contributed by atoms with van der Waals surface area (Å²) in [6, 6.07) is 14.9. The SMILES string of the molecule is COc1ccc(Sc2ccc(C(=O)Nc3cccnc3)cn2)cc1. The predicted molar refractivity (Wildman–Crippen MR) is 93.5 cm³/mol. The standard InChI is InChI=1S/C18H15N3O2S/c1-23-15-5-7-16(8-6-15)24-17-9-4-13(11-20-17)18(22)21-14-3-2-10-19-12-14/h2-12H,1H3,(H,21,22). The van der Waals surface area contributed by atoms with Crippen LogP contribution in [0.1, 0.15) is 10.4 Å². The molecule has 0 unspecified atom stereocenters. The van der Waals surface area contributed by atoms with Crippen molar-refractivity contribution in [3.8, 4) is 5.75 Å². The average molecular weight is 337 g/mol. The van der Waals surface area contributed by atoms with Crippen LogP contribution >= 0.6 is 11.8 Å². The normalized spacial score (nSPS) is 10.2. The number of methoxy groups -OCH3 is 1. The number of hydrogen-bond acceptors (Lipinski definition) is 5. The third kappa shape index (κ3) is 4.11. The Kier molecular flexibility index (Phi) is 5.08. The molecule has 0 saturated heterocycles. The minimum absolute atomic E-state index is 0.212. The number of hydrogen-bond donors (Lipinski definition) is 1. The first-order valence-electron chi connectivity index (χ1n) is 7.24. The van der Waals surface area contributed by atoms with Crippen molar-refractivity contribution in [1.82, 2.24) is 9.97 Å². The van der Waals surface area contributed by atoms with Gasteiger partial charge in [-0.15, -0.1) is 0 Å². The minimum Gasteiger partial charge on any atom is -0.497 e. The summed E-state index contributed by atoms with van der Waals surface area (Å²) in [5.74, 6) is 0.603. The molecule has 3 aromatic rings. The van der Waals surface area contributed by atoms with Gasteiger partial charge in [0.2, 0.25) is 0 Å². The molecule has 0 atom stereocenters. The maximum atomic E-state index is 12.2. The molecule has 2 heterocycles. The van der Waals surface area contributed by atoms with Crippen molar-refractivity contribution in [3.05, 3.63) is 72.7 Å². The number of rotatable bonds is 5. The lowest BCUT2D eigenvalue weighted by Crippen LogP contribution is -2.12. The zero-order chi connectivity index (χ0) is 16.8. The molecule has 24 heavy (non-hydrogen) atoms. The van der Waals surface area contributed by atoms with Crippen LogP contribution in [0, 0.1) is 0 Å². The minimum atomic E-state index is -0.212. The quantitative estimate of drug-likeness (QED) is 0.765. The van der Waals surface area contributed by atoms with E-state index in [4.69, 9.17) is 4.74 Å². The molecule has 2 aromatic heterocycles. The summed E-state index contributed by atoms with van der Waals surface area (Å²) in [6.45, 7) is 0. The molecule has 120 valence electrons. The van der Waals surface area contributed by atoms with Gasteiger partial charge in [0.25, 0.3) is 5.91 Å². The molecular formula is C18H15N3O2S. The Morgan fingerprint density at radius 2 is 1.92 bits per heavy atom. The summed E-state index contributed by atoms with van der Waals surface area (Å²) in [4.78, 5) is 21.5. The van der Waals surface area contributed by atoms with Gasteiger partial charge in [-0.2, -0.15) is 0 Å². The van der Waals surface area contributed by atoms with E-state index in [0.29, 0.717) is 11.3 Å². The zero-order valence-electron chi connectivity index (χ0n) is 13.0. The summed E-state index contributed by atoms with van der Waals surface area (Å²) < 4.78 is 5.14. The van der Waals surface area contributed by atoms with Crippen LogP contribution in [0.25, 0.3) is 0 Å². The van der Waals surface area contributed by atoms with E-state index in [0.717, 1.165) is 15.7 Å². The smallest absolute Gasteiger partial charge is 0.257 e. The lowest BCUT2D eigenvalue weighted by atomic mass is 10.2. The van der Waals surface area contributed by atoms with Crippen molar-refractivity contribution < 1.29 is 9.53 Å². The molecule has 0 saturated carbocycles. The second-order valence-electron chi connectivity index (χ2n) is 4.86. The topological polar surface area (TPSA) is 64.1 Å². The second-order valence-corrected chi connectivity index (χ2v) is 5.95. The number of nitrogens with one attached hydrogen (secondary N) is 1. The molecular weight excluding hydrogens is 322 g/mol. The van der Waals surface area contributed by atoms with Gasteiger partial charge in [-0.3, -0.25) is 9.78 Å². The molecule has 0 fully saturated rings. The van der Waals surface area contributed by atoms with E-state index in [1.54, 1.807) is 43.9 Å². The monoisotopic (exact) mass is 337 g/mol. The number of carbonyl (C=O) groups excluding carboxylic acids is 1. The average Bonchev–Trinajstić information content (AvgIpc) is 2.64. The highest BCUT2D eigenvalue weighted by Gasteiger charge is 2.07. The van der Waals surface area contributed by atoms with E-state index in [9.17, 15) is 4.79 Å². The van der Waals surface area contributed by atoms with Crippen LogP contribution in [-0.4, -0.2) is 23.0 Å². The van der Waals surface area contributed by atoms with Crippen molar-refractivity contribution in [2.45, 2.75) is 9.92 Å². The summed E-state index contributed by atoms with van der Waals surface area (Å²) in [5, 5.41) is 3.60. The van der Waals surface area contributed by atoms with E-state index in [1.165, 1.54) is 11.8 Å². The third-order valence-corrected chi connectivity index (χ3v) is 4.16. The Labute approximate surface area is 144 Å². The molecule has 0 bridgehead atoms. The first-order valence-corrected chi connectivity index (χ1v) is 8.05. The van der Waals surface area contributed by atoms with Crippen LogP contribution in [0.4, 0.5) is 5.69 Å². The maximum absolute atomic E-state index is 12.2. The highest BCUT2D eigenvalue weighted by Crippen LogP contribution is 2.27. The molecule has 3 rings (SSSR count). The van der Waals surface area contributed by atoms with Crippen LogP contribution in [0.5, 0.6) is 5.75 Å². The first kappa shape index (κ1) is 16.0. The lowest BCUT2D eigenvalue weighted by molar-refractivity contribution is 0.102. The van der Waals surface area contributed by atoms with E-state index in [-0.39, 0.29) is 5.91 Å². The molecule has 0 spiro atoms. The molecule has 5 nitrogen and oxygen atoms in total. The number of carbonyl (C=O) groups is 1. The Morgan fingerprint density at radius 1 is 1.08 bits per heavy atom. The van der Waals surface area contributed by atoms with Crippen molar-refractivity contribution in [1.29, 1.82) is 0 Å². The molecule has 0 radical (unpaired) electrons. The van der Waals surface area contributed by atoms with Crippen LogP contribution in [0.2, 0.25) is 0 Å². The van der Waals surface area contributed by atoms with Gasteiger partial charge in [-0.1, -0.05) is 11.8 Å². The Morgan fingerprint density at radius 3 is 2.54 bits per heavy atom. The van der Waals surface area contributed by atoms with Crippen molar-refractivity contribution in [2.75, 3.05) is 12.4 Å². The molecule has 1 N–H and O–H groups in total. The number of ether oxygens (including phenoxy) is 1. The number of benzene rings is 1. The summed E-state index contributed by atoms with van der Waals surface area (Å²) in [7, 11) is 1.64. The van der Waals surface area contributed by atoms with Gasteiger partial charge >= 0.3 is 0 Å². The van der Waals surface area contributed by atoms with Gasteiger partial charge in [0, 0.05) is 17.3 Å². The Hall–Kier alpha value is -2.86. The number of anilines is 1. The number of amides is 1. The van der Waals surface area contributed by atoms with Gasteiger partial charge in [0.1, 0.15) is 10.8 Å². The Balaban J connectivity index is 1.65. The molecule has 0 aliphatic heterocycles. The zero-order valence-corrected chi connectivity index (χ0v) is 13.8. The van der Waals surface area contributed by atoms with Crippen LogP contribution < -0.4 is 10.1 Å². The highest BCUT2D eigenvalue weighted by atomic mass is 32.2. The molecule has 6 heteroatoms. The van der Waals surface area contributed by atoms with Crippen molar-refractivity contribution >= 4 is 23.4 Å². The van der Waals surface area contributed by atoms with Crippen LogP contribution in [-0.2, 0) is 0 Å². The summed E-state index contributed by atoms with van der Waals surface area (Å²) in [5.41, 5.74) is 1.15. The number of pyridine rings is 2. The van der Waals surface area contributed by atoms with E-state index >= 15 is 0 Å². The molecule has 0 aliphatic carbocycles. The summed E-state index contributed by atoms with van der Waals surface area (Å²) in [6.07, 6.45) is 4.82. The maximum Gasteiger partial charge on any atom is 0.257 e. The van der Waals surface area contributed by atoms with Crippen LogP contribution in [0.3, 0.4) is 0 Å².